The van der Waals surface area contributed by atoms with Crippen LogP contribution in [0.25, 0.3) is 0 Å². The lowest BCUT2D eigenvalue weighted by Crippen LogP contribution is -2.25. The Morgan fingerprint density at radius 1 is 1.24 bits per heavy atom. The molecule has 0 heterocycles. The molecule has 1 aromatic carbocycles. The Hall–Kier alpha value is -1.75. The maximum atomic E-state index is 11.5. The van der Waals surface area contributed by atoms with Gasteiger partial charge in [-0.1, -0.05) is 0 Å². The summed E-state index contributed by atoms with van der Waals surface area (Å²) in [5.41, 5.74) is 1.65. The van der Waals surface area contributed by atoms with Crippen LogP contribution in [-0.2, 0) is 4.79 Å². The first-order valence-corrected chi connectivity index (χ1v) is 5.29. The molecule has 94 valence electrons. The van der Waals surface area contributed by atoms with E-state index in [9.17, 15) is 4.79 Å². The summed E-state index contributed by atoms with van der Waals surface area (Å²) in [6, 6.07) is 3.58. The zero-order valence-corrected chi connectivity index (χ0v) is 10.6. The Balaban J connectivity index is 2.96. The summed E-state index contributed by atoms with van der Waals surface area (Å²) in [5, 5.41) is 5.59. The molecule has 5 nitrogen and oxygen atoms in total. The van der Waals surface area contributed by atoms with Gasteiger partial charge in [0, 0.05) is 11.8 Å². The first kappa shape index (κ1) is 13.3. The minimum Gasteiger partial charge on any atom is -0.493 e. The Morgan fingerprint density at radius 2 is 1.82 bits per heavy atom. The van der Waals surface area contributed by atoms with Crippen molar-refractivity contribution in [1.82, 2.24) is 5.32 Å². The molecule has 0 bridgehead atoms. The van der Waals surface area contributed by atoms with Crippen LogP contribution in [0.2, 0.25) is 0 Å². The zero-order chi connectivity index (χ0) is 12.8. The van der Waals surface area contributed by atoms with Gasteiger partial charge in [0.2, 0.25) is 5.91 Å². The molecule has 0 aliphatic carbocycles. The number of methoxy groups -OCH3 is 2. The van der Waals surface area contributed by atoms with Gasteiger partial charge in [-0.2, -0.15) is 0 Å². The molecule has 0 aliphatic rings. The number of hydrogen-bond donors (Lipinski definition) is 2. The molecule has 0 saturated heterocycles. The minimum absolute atomic E-state index is 0.0946. The van der Waals surface area contributed by atoms with Gasteiger partial charge >= 0.3 is 0 Å². The molecule has 0 fully saturated rings. The lowest BCUT2D eigenvalue weighted by molar-refractivity contribution is -0.115. The minimum atomic E-state index is -0.0946. The van der Waals surface area contributed by atoms with Gasteiger partial charge in [-0.25, -0.2) is 0 Å². The molecule has 1 rings (SSSR count). The van der Waals surface area contributed by atoms with Gasteiger partial charge in [-0.15, -0.1) is 0 Å². The van der Waals surface area contributed by atoms with Gasteiger partial charge in [0.25, 0.3) is 0 Å². The summed E-state index contributed by atoms with van der Waals surface area (Å²) < 4.78 is 10.4. The molecule has 0 aliphatic heterocycles. The van der Waals surface area contributed by atoms with Crippen LogP contribution < -0.4 is 20.1 Å². The highest BCUT2D eigenvalue weighted by Crippen LogP contribution is 2.32. The van der Waals surface area contributed by atoms with E-state index in [0.717, 1.165) is 11.3 Å². The number of carbonyl (C=O) groups is 1. The Kier molecular flexibility index (Phi) is 4.78. The van der Waals surface area contributed by atoms with Gasteiger partial charge in [0.15, 0.2) is 11.5 Å². The molecule has 0 spiro atoms. The molecule has 1 amide bonds. The highest BCUT2D eigenvalue weighted by Gasteiger charge is 2.10. The summed E-state index contributed by atoms with van der Waals surface area (Å²) in [4.78, 5) is 11.5. The van der Waals surface area contributed by atoms with E-state index in [4.69, 9.17) is 9.47 Å². The Morgan fingerprint density at radius 3 is 2.35 bits per heavy atom. The molecule has 2 N–H and O–H groups in total. The molecule has 0 saturated carbocycles. The molecular weight excluding hydrogens is 220 g/mol. The fourth-order valence-electron chi connectivity index (χ4n) is 1.47. The van der Waals surface area contributed by atoms with E-state index in [1.807, 2.05) is 13.0 Å². The van der Waals surface area contributed by atoms with E-state index in [2.05, 4.69) is 10.6 Å². The van der Waals surface area contributed by atoms with Crippen molar-refractivity contribution in [3.05, 3.63) is 17.7 Å². The third-order valence-electron chi connectivity index (χ3n) is 2.34. The number of carbonyl (C=O) groups excluding carboxylic acids is 1. The van der Waals surface area contributed by atoms with Crippen LogP contribution in [0.1, 0.15) is 5.56 Å². The van der Waals surface area contributed by atoms with Crippen molar-refractivity contribution >= 4 is 11.6 Å². The third-order valence-corrected chi connectivity index (χ3v) is 2.34. The summed E-state index contributed by atoms with van der Waals surface area (Å²) in [6.07, 6.45) is 0. The smallest absolute Gasteiger partial charge is 0.238 e. The quantitative estimate of drug-likeness (QED) is 0.808. The fraction of sp³-hybridized carbons (Fsp3) is 0.417. The number of amides is 1. The maximum absolute atomic E-state index is 11.5. The Labute approximate surface area is 101 Å². The van der Waals surface area contributed by atoms with E-state index in [-0.39, 0.29) is 12.5 Å². The van der Waals surface area contributed by atoms with E-state index in [0.29, 0.717) is 11.5 Å². The number of likely N-dealkylation sites (N-methyl/N-ethyl adjacent to an activating group) is 1. The van der Waals surface area contributed by atoms with E-state index in [1.165, 1.54) is 0 Å². The number of aryl methyl sites for hydroxylation is 1. The first-order valence-electron chi connectivity index (χ1n) is 5.29. The largest absolute Gasteiger partial charge is 0.493 e. The average molecular weight is 238 g/mol. The molecule has 0 radical (unpaired) electrons. The second-order valence-corrected chi connectivity index (χ2v) is 3.60. The van der Waals surface area contributed by atoms with Gasteiger partial charge in [-0.3, -0.25) is 4.79 Å². The van der Waals surface area contributed by atoms with E-state index < -0.39 is 0 Å². The van der Waals surface area contributed by atoms with Crippen molar-refractivity contribution in [3.8, 4) is 11.5 Å². The fourth-order valence-corrected chi connectivity index (χ4v) is 1.47. The summed E-state index contributed by atoms with van der Waals surface area (Å²) in [6.45, 7) is 2.17. The molecule has 17 heavy (non-hydrogen) atoms. The monoisotopic (exact) mass is 238 g/mol. The third kappa shape index (κ3) is 3.35. The predicted octanol–water partition coefficient (Wildman–Crippen LogP) is 1.17. The van der Waals surface area contributed by atoms with Gasteiger partial charge < -0.3 is 20.1 Å². The van der Waals surface area contributed by atoms with Crippen LogP contribution in [0.3, 0.4) is 0 Å². The maximum Gasteiger partial charge on any atom is 0.238 e. The molecule has 1 aromatic rings. The van der Waals surface area contributed by atoms with Crippen molar-refractivity contribution in [2.75, 3.05) is 33.1 Å². The van der Waals surface area contributed by atoms with Crippen LogP contribution in [0.5, 0.6) is 11.5 Å². The molecule has 5 heteroatoms. The Bertz CT molecular complexity index is 405. The van der Waals surface area contributed by atoms with Crippen LogP contribution in [-0.4, -0.2) is 33.7 Å². The van der Waals surface area contributed by atoms with Crippen LogP contribution >= 0.6 is 0 Å². The van der Waals surface area contributed by atoms with Crippen molar-refractivity contribution in [2.45, 2.75) is 6.92 Å². The van der Waals surface area contributed by atoms with Gasteiger partial charge in [-0.05, 0) is 25.6 Å². The lowest BCUT2D eigenvalue weighted by Gasteiger charge is -2.13. The summed E-state index contributed by atoms with van der Waals surface area (Å²) in [7, 11) is 4.87. The first-order chi connectivity index (χ1) is 8.12. The van der Waals surface area contributed by atoms with Crippen molar-refractivity contribution in [1.29, 1.82) is 0 Å². The van der Waals surface area contributed by atoms with Crippen molar-refractivity contribution in [3.63, 3.8) is 0 Å². The van der Waals surface area contributed by atoms with Gasteiger partial charge in [0.1, 0.15) is 0 Å². The lowest BCUT2D eigenvalue weighted by atomic mass is 10.1. The summed E-state index contributed by atoms with van der Waals surface area (Å²) >= 11 is 0. The number of nitrogens with one attached hydrogen (secondary N) is 2. The second-order valence-electron chi connectivity index (χ2n) is 3.60. The van der Waals surface area contributed by atoms with Crippen LogP contribution in [0.4, 0.5) is 5.69 Å². The van der Waals surface area contributed by atoms with Crippen molar-refractivity contribution < 1.29 is 14.3 Å². The normalized spacial score (nSPS) is 9.88. The molecular formula is C12H18N2O3. The second kappa shape index (κ2) is 6.10. The molecule has 0 aromatic heterocycles. The SMILES string of the molecule is CNCC(=O)Nc1cc(OC)c(OC)cc1C. The zero-order valence-electron chi connectivity index (χ0n) is 10.6. The number of ether oxygens (including phenoxy) is 2. The standard InChI is InChI=1S/C12H18N2O3/c1-8-5-10(16-3)11(17-4)6-9(8)14-12(15)7-13-2/h5-6,13H,7H2,1-4H3,(H,14,15). The number of rotatable bonds is 5. The topological polar surface area (TPSA) is 59.6 Å². The van der Waals surface area contributed by atoms with Crippen LogP contribution in [0.15, 0.2) is 12.1 Å². The van der Waals surface area contributed by atoms with Gasteiger partial charge in [0.05, 0.1) is 20.8 Å². The number of anilines is 1. The van der Waals surface area contributed by atoms with E-state index >= 15 is 0 Å². The summed E-state index contributed by atoms with van der Waals surface area (Å²) in [5.74, 6) is 1.15. The highest BCUT2D eigenvalue weighted by molar-refractivity contribution is 5.93. The number of hydrogen-bond acceptors (Lipinski definition) is 4. The molecule has 0 atom stereocenters. The number of benzene rings is 1. The predicted molar refractivity (Wildman–Crippen MR) is 66.8 cm³/mol. The van der Waals surface area contributed by atoms with Crippen LogP contribution in [0, 0.1) is 6.92 Å². The van der Waals surface area contributed by atoms with E-state index in [1.54, 1.807) is 27.3 Å². The molecule has 0 unspecified atom stereocenters. The highest BCUT2D eigenvalue weighted by atomic mass is 16.5. The average Bonchev–Trinajstić information content (AvgIpc) is 2.31. The van der Waals surface area contributed by atoms with Crippen molar-refractivity contribution in [2.24, 2.45) is 0 Å².